The van der Waals surface area contributed by atoms with Gasteiger partial charge >= 0.3 is 5.97 Å². The van der Waals surface area contributed by atoms with Crippen molar-refractivity contribution >= 4 is 12.3 Å². The first-order valence-corrected chi connectivity index (χ1v) is 3.62. The summed E-state index contributed by atoms with van der Waals surface area (Å²) in [6, 6.07) is 0. The first-order chi connectivity index (χ1) is 5.72. The molecular weight excluding hydrogens is 164 g/mol. The Morgan fingerprint density at radius 1 is 1.58 bits per heavy atom. The van der Waals surface area contributed by atoms with Gasteiger partial charge in [-0.3, -0.25) is 4.79 Å². The van der Waals surface area contributed by atoms with Gasteiger partial charge in [0.2, 0.25) is 0 Å². The van der Waals surface area contributed by atoms with Crippen LogP contribution in [0.2, 0.25) is 0 Å². The molecule has 0 amide bonds. The van der Waals surface area contributed by atoms with Gasteiger partial charge in [-0.25, -0.2) is 0 Å². The molecule has 0 aromatic rings. The lowest BCUT2D eigenvalue weighted by atomic mass is 10.1. The van der Waals surface area contributed by atoms with Crippen molar-refractivity contribution in [2.45, 2.75) is 25.0 Å². The van der Waals surface area contributed by atoms with Crippen molar-refractivity contribution in [3.05, 3.63) is 0 Å². The van der Waals surface area contributed by atoms with Crippen molar-refractivity contribution in [1.82, 2.24) is 0 Å². The summed E-state index contributed by atoms with van der Waals surface area (Å²) < 4.78 is 9.81. The fourth-order valence-corrected chi connectivity index (χ4v) is 1.05. The second-order valence-electron chi connectivity index (χ2n) is 2.58. The van der Waals surface area contributed by atoms with Gasteiger partial charge in [-0.1, -0.05) is 0 Å². The Balaban J connectivity index is 2.35. The van der Waals surface area contributed by atoms with Gasteiger partial charge in [0.15, 0.2) is 0 Å². The summed E-state index contributed by atoms with van der Waals surface area (Å²) in [5, 5.41) is 8.42. The molecule has 12 heavy (non-hydrogen) atoms. The Labute approximate surface area is 69.3 Å². The highest BCUT2D eigenvalue weighted by atomic mass is 16.7. The smallest absolute Gasteiger partial charge is 0.305 e. The van der Waals surface area contributed by atoms with E-state index in [1.54, 1.807) is 0 Å². The maximum atomic E-state index is 10.3. The van der Waals surface area contributed by atoms with Crippen LogP contribution in [0.1, 0.15) is 12.8 Å². The molecular formula is C7H10O5. The minimum absolute atomic E-state index is 0.00134. The first kappa shape index (κ1) is 9.15. The molecule has 0 radical (unpaired) electrons. The number of aliphatic carboxylic acids is 1. The highest BCUT2D eigenvalue weighted by Crippen LogP contribution is 2.14. The second-order valence-corrected chi connectivity index (χ2v) is 2.58. The van der Waals surface area contributed by atoms with Gasteiger partial charge in [0, 0.05) is 6.42 Å². The highest BCUT2D eigenvalue weighted by Gasteiger charge is 2.24. The number of rotatable bonds is 3. The van der Waals surface area contributed by atoms with Crippen LogP contribution < -0.4 is 0 Å². The molecule has 0 spiro atoms. The summed E-state index contributed by atoms with van der Waals surface area (Å²) in [5.41, 5.74) is 0. The normalized spacial score (nSPS) is 29.7. The Bertz CT molecular complexity index is 179. The number of carboxylic acids is 1. The largest absolute Gasteiger partial charge is 0.481 e. The second kappa shape index (κ2) is 4.18. The lowest BCUT2D eigenvalue weighted by molar-refractivity contribution is -0.181. The zero-order chi connectivity index (χ0) is 8.97. The summed E-state index contributed by atoms with van der Waals surface area (Å²) in [6.45, 7) is 0.00134. The fourth-order valence-electron chi connectivity index (χ4n) is 1.05. The summed E-state index contributed by atoms with van der Waals surface area (Å²) in [5.74, 6) is -0.924. The Kier molecular flexibility index (Phi) is 3.19. The van der Waals surface area contributed by atoms with Crippen molar-refractivity contribution in [2.75, 3.05) is 6.79 Å². The van der Waals surface area contributed by atoms with Gasteiger partial charge in [0.1, 0.15) is 19.2 Å². The summed E-state index contributed by atoms with van der Waals surface area (Å²) in [6.07, 6.45) is 0.00971. The van der Waals surface area contributed by atoms with Crippen LogP contribution in [-0.2, 0) is 19.1 Å². The van der Waals surface area contributed by atoms with Crippen molar-refractivity contribution in [3.8, 4) is 0 Å². The van der Waals surface area contributed by atoms with Crippen LogP contribution in [0.15, 0.2) is 0 Å². The molecule has 1 rings (SSSR count). The minimum Gasteiger partial charge on any atom is -0.481 e. The molecule has 0 bridgehead atoms. The highest BCUT2D eigenvalue weighted by molar-refractivity contribution is 5.67. The molecule has 0 saturated carbocycles. The molecule has 68 valence electrons. The van der Waals surface area contributed by atoms with E-state index in [1.807, 2.05) is 0 Å². The molecule has 2 atom stereocenters. The predicted octanol–water partition coefficient (Wildman–Crippen LogP) is -0.208. The fraction of sp³-hybridized carbons (Fsp3) is 0.714. The van der Waals surface area contributed by atoms with Gasteiger partial charge in [-0.05, 0) is 0 Å². The van der Waals surface area contributed by atoms with Crippen LogP contribution >= 0.6 is 0 Å². The number of aldehydes is 1. The van der Waals surface area contributed by atoms with Crippen LogP contribution in [-0.4, -0.2) is 36.4 Å². The summed E-state index contributed by atoms with van der Waals surface area (Å²) in [4.78, 5) is 20.5. The third-order valence-corrected chi connectivity index (χ3v) is 1.64. The van der Waals surface area contributed by atoms with E-state index in [9.17, 15) is 9.59 Å². The SMILES string of the molecule is O=CC1CC(CC(=O)O)OCO1. The van der Waals surface area contributed by atoms with E-state index in [-0.39, 0.29) is 13.2 Å². The molecule has 1 fully saturated rings. The van der Waals surface area contributed by atoms with Gasteiger partial charge < -0.3 is 19.4 Å². The third kappa shape index (κ3) is 2.60. The topological polar surface area (TPSA) is 72.8 Å². The summed E-state index contributed by atoms with van der Waals surface area (Å²) in [7, 11) is 0. The van der Waals surface area contributed by atoms with Crippen LogP contribution in [0.5, 0.6) is 0 Å². The number of hydrogen-bond acceptors (Lipinski definition) is 4. The Morgan fingerprint density at radius 3 is 2.92 bits per heavy atom. The minimum atomic E-state index is -0.924. The van der Waals surface area contributed by atoms with Gasteiger partial charge in [0.05, 0.1) is 12.5 Å². The maximum Gasteiger partial charge on any atom is 0.305 e. The van der Waals surface area contributed by atoms with Crippen molar-refractivity contribution in [3.63, 3.8) is 0 Å². The molecule has 2 unspecified atom stereocenters. The maximum absolute atomic E-state index is 10.3. The number of carbonyl (C=O) groups excluding carboxylic acids is 1. The summed E-state index contributed by atoms with van der Waals surface area (Å²) >= 11 is 0. The molecule has 0 aromatic carbocycles. The van der Waals surface area contributed by atoms with Crippen LogP contribution in [0.4, 0.5) is 0 Å². The average Bonchev–Trinajstić information content (AvgIpc) is 2.03. The lowest BCUT2D eigenvalue weighted by Crippen LogP contribution is -2.33. The molecule has 1 saturated heterocycles. The van der Waals surface area contributed by atoms with E-state index in [0.29, 0.717) is 12.7 Å². The number of ether oxygens (including phenoxy) is 2. The zero-order valence-electron chi connectivity index (χ0n) is 6.43. The molecule has 0 aliphatic carbocycles. The van der Waals surface area contributed by atoms with Gasteiger partial charge in [-0.15, -0.1) is 0 Å². The zero-order valence-corrected chi connectivity index (χ0v) is 6.43. The van der Waals surface area contributed by atoms with Crippen LogP contribution in [0.25, 0.3) is 0 Å². The van der Waals surface area contributed by atoms with Crippen molar-refractivity contribution < 1.29 is 24.2 Å². The molecule has 0 aromatic heterocycles. The molecule has 5 heteroatoms. The first-order valence-electron chi connectivity index (χ1n) is 3.62. The van der Waals surface area contributed by atoms with E-state index < -0.39 is 18.2 Å². The Morgan fingerprint density at radius 2 is 2.33 bits per heavy atom. The third-order valence-electron chi connectivity index (χ3n) is 1.64. The van der Waals surface area contributed by atoms with Crippen molar-refractivity contribution in [1.29, 1.82) is 0 Å². The van der Waals surface area contributed by atoms with E-state index in [4.69, 9.17) is 14.6 Å². The molecule has 1 aliphatic heterocycles. The van der Waals surface area contributed by atoms with E-state index in [2.05, 4.69) is 0 Å². The average molecular weight is 174 g/mol. The van der Waals surface area contributed by atoms with E-state index in [1.165, 1.54) is 0 Å². The molecule has 1 aliphatic rings. The standard InChI is InChI=1S/C7H10O5/c8-3-6-1-5(2-7(9)10)11-4-12-6/h3,5-6H,1-2,4H2,(H,9,10). The molecule has 1 heterocycles. The van der Waals surface area contributed by atoms with E-state index >= 15 is 0 Å². The number of carbonyl (C=O) groups is 2. The lowest BCUT2D eigenvalue weighted by Gasteiger charge is -2.25. The van der Waals surface area contributed by atoms with Crippen molar-refractivity contribution in [2.24, 2.45) is 0 Å². The molecule has 1 N–H and O–H groups in total. The van der Waals surface area contributed by atoms with Crippen LogP contribution in [0.3, 0.4) is 0 Å². The quantitative estimate of drug-likeness (QED) is 0.599. The monoisotopic (exact) mass is 174 g/mol. The van der Waals surface area contributed by atoms with Crippen LogP contribution in [0, 0.1) is 0 Å². The van der Waals surface area contributed by atoms with E-state index in [0.717, 1.165) is 0 Å². The number of carboxylic acid groups (broad SMARTS) is 1. The van der Waals surface area contributed by atoms with Gasteiger partial charge in [-0.2, -0.15) is 0 Å². The Hall–Kier alpha value is -0.940. The molecule has 5 nitrogen and oxygen atoms in total. The predicted molar refractivity (Wildman–Crippen MR) is 37.5 cm³/mol. The van der Waals surface area contributed by atoms with Gasteiger partial charge in [0.25, 0.3) is 0 Å². The number of hydrogen-bond donors (Lipinski definition) is 1.